The molecule has 3 N–H and O–H groups in total. The molecule has 2 atom stereocenters. The first kappa shape index (κ1) is 24.1. The minimum absolute atomic E-state index is 0.0392. The third-order valence-corrected chi connectivity index (χ3v) is 6.39. The number of fused-ring (bicyclic) bond motifs is 1. The molecule has 10 heteroatoms. The maximum atomic E-state index is 14.4. The summed E-state index contributed by atoms with van der Waals surface area (Å²) in [5, 5.41) is 0. The van der Waals surface area contributed by atoms with Crippen molar-refractivity contribution in [3.63, 3.8) is 0 Å². The average Bonchev–Trinajstić information content (AvgIpc) is 2.88. The Morgan fingerprint density at radius 1 is 1.17 bits per heavy atom. The second-order valence-corrected chi connectivity index (χ2v) is 8.88. The Morgan fingerprint density at radius 3 is 2.86 bits per heavy atom. The van der Waals surface area contributed by atoms with E-state index in [2.05, 4.69) is 20.4 Å². The third-order valence-electron chi connectivity index (χ3n) is 6.39. The molecule has 1 saturated heterocycles. The number of nitrogen functional groups attached to an aromatic ring is 1. The number of halogens is 1. The number of aryl methyl sites for hydroxylation is 1. The summed E-state index contributed by atoms with van der Waals surface area (Å²) >= 11 is 0. The van der Waals surface area contributed by atoms with Crippen LogP contribution in [0.5, 0.6) is 5.88 Å². The van der Waals surface area contributed by atoms with Crippen molar-refractivity contribution in [3.05, 3.63) is 64.7 Å². The van der Waals surface area contributed by atoms with Gasteiger partial charge in [-0.25, -0.2) is 24.8 Å². The average molecular weight is 493 g/mol. The molecule has 0 aliphatic carbocycles. The number of nitrogens with zero attached hydrogens (tertiary/aromatic N) is 4. The maximum Gasteiger partial charge on any atom is 0.220 e. The monoisotopic (exact) mass is 492 g/mol. The smallest absolute Gasteiger partial charge is 0.220 e. The van der Waals surface area contributed by atoms with Crippen LogP contribution in [0.25, 0.3) is 11.3 Å². The fraction of sp³-hybridized carbons (Fsp3) is 0.385. The molecular weight excluding hydrogens is 463 g/mol. The van der Waals surface area contributed by atoms with Gasteiger partial charge in [-0.05, 0) is 49.9 Å². The quantitative estimate of drug-likeness (QED) is 0.500. The van der Waals surface area contributed by atoms with Crippen LogP contribution in [-0.2, 0) is 16.0 Å². The van der Waals surface area contributed by atoms with Crippen LogP contribution in [-0.4, -0.2) is 47.2 Å². The number of ether oxygens (including phenoxy) is 2. The lowest BCUT2D eigenvalue weighted by Gasteiger charge is -2.27. The van der Waals surface area contributed by atoms with Crippen molar-refractivity contribution in [2.24, 2.45) is 4.99 Å². The number of anilines is 1. The van der Waals surface area contributed by atoms with Gasteiger partial charge in [-0.2, -0.15) is 0 Å². The summed E-state index contributed by atoms with van der Waals surface area (Å²) in [6.07, 6.45) is 3.65. The van der Waals surface area contributed by atoms with E-state index in [4.69, 9.17) is 25.0 Å². The van der Waals surface area contributed by atoms with Gasteiger partial charge in [-0.1, -0.05) is 12.1 Å². The molecule has 3 aromatic rings. The summed E-state index contributed by atoms with van der Waals surface area (Å²) in [4.78, 5) is 24.1. The molecule has 2 aliphatic heterocycles. The lowest BCUT2D eigenvalue weighted by Crippen LogP contribution is -2.35. The number of amidine groups is 1. The molecule has 0 bridgehead atoms. The summed E-state index contributed by atoms with van der Waals surface area (Å²) in [7, 11) is 1.55. The highest BCUT2D eigenvalue weighted by Gasteiger charge is 2.29. The summed E-state index contributed by atoms with van der Waals surface area (Å²) in [5.41, 5.74) is 13.2. The number of hydroxylamine groups is 1. The molecule has 5 rings (SSSR count). The lowest BCUT2D eigenvalue weighted by molar-refractivity contribution is -0.0552. The van der Waals surface area contributed by atoms with Crippen molar-refractivity contribution >= 4 is 11.8 Å². The number of aliphatic imine (C=N–C) groups is 1. The van der Waals surface area contributed by atoms with Crippen LogP contribution in [0, 0.1) is 12.7 Å². The molecule has 0 spiro atoms. The number of benzene rings is 1. The predicted octanol–water partition coefficient (Wildman–Crippen LogP) is 3.71. The first-order valence-corrected chi connectivity index (χ1v) is 12.0. The number of rotatable bonds is 6. The Labute approximate surface area is 208 Å². The first-order valence-electron chi connectivity index (χ1n) is 12.0. The van der Waals surface area contributed by atoms with Crippen molar-refractivity contribution in [3.8, 4) is 17.1 Å². The molecule has 0 amide bonds. The highest BCUT2D eigenvalue weighted by molar-refractivity contribution is 6.01. The van der Waals surface area contributed by atoms with Gasteiger partial charge >= 0.3 is 0 Å². The summed E-state index contributed by atoms with van der Waals surface area (Å²) < 4.78 is 25.4. The number of hydrogen-bond acceptors (Lipinski definition) is 9. The molecule has 188 valence electrons. The molecule has 0 radical (unpaired) electrons. The van der Waals surface area contributed by atoms with E-state index in [1.54, 1.807) is 19.2 Å². The number of hydrogen-bond donors (Lipinski definition) is 2. The van der Waals surface area contributed by atoms with Gasteiger partial charge in [0.1, 0.15) is 12.4 Å². The van der Waals surface area contributed by atoms with Gasteiger partial charge in [0.2, 0.25) is 11.8 Å². The Kier molecular flexibility index (Phi) is 7.06. The second kappa shape index (κ2) is 10.5. The predicted molar refractivity (Wildman–Crippen MR) is 133 cm³/mol. The van der Waals surface area contributed by atoms with Crippen LogP contribution in [0.15, 0.2) is 41.4 Å². The fourth-order valence-corrected chi connectivity index (χ4v) is 4.68. The zero-order valence-corrected chi connectivity index (χ0v) is 20.3. The summed E-state index contributed by atoms with van der Waals surface area (Å²) in [6, 6.07) is 9.62. The van der Waals surface area contributed by atoms with E-state index in [9.17, 15) is 4.39 Å². The van der Waals surface area contributed by atoms with E-state index < -0.39 is 0 Å². The van der Waals surface area contributed by atoms with E-state index in [1.165, 1.54) is 12.1 Å². The number of methoxy groups -OCH3 is 1. The topological polar surface area (TPSA) is 117 Å². The molecule has 2 aromatic heterocycles. The molecule has 4 heterocycles. The normalized spacial score (nSPS) is 19.4. The largest absolute Gasteiger partial charge is 0.481 e. The zero-order valence-electron chi connectivity index (χ0n) is 20.3. The van der Waals surface area contributed by atoms with Crippen molar-refractivity contribution < 1.29 is 18.7 Å². The minimum atomic E-state index is -0.383. The molecule has 36 heavy (non-hydrogen) atoms. The number of aromatic nitrogens is 3. The Morgan fingerprint density at radius 2 is 2.06 bits per heavy atom. The molecule has 1 aromatic carbocycles. The van der Waals surface area contributed by atoms with E-state index in [0.29, 0.717) is 41.7 Å². The Balaban J connectivity index is 1.50. The van der Waals surface area contributed by atoms with Crippen LogP contribution in [0.1, 0.15) is 47.8 Å². The van der Waals surface area contributed by atoms with Crippen molar-refractivity contribution in [1.82, 2.24) is 20.4 Å². The van der Waals surface area contributed by atoms with Gasteiger partial charge in [-0.3, -0.25) is 9.83 Å². The molecule has 1 fully saturated rings. The lowest BCUT2D eigenvalue weighted by atomic mass is 9.91. The van der Waals surface area contributed by atoms with Crippen LogP contribution in [0.4, 0.5) is 10.3 Å². The van der Waals surface area contributed by atoms with Gasteiger partial charge in [0.05, 0.1) is 41.9 Å². The van der Waals surface area contributed by atoms with Crippen LogP contribution in [0.3, 0.4) is 0 Å². The van der Waals surface area contributed by atoms with Gasteiger partial charge in [-0.15, -0.1) is 0 Å². The first-order chi connectivity index (χ1) is 17.5. The summed E-state index contributed by atoms with van der Waals surface area (Å²) in [6.45, 7) is 3.00. The molecule has 0 saturated carbocycles. The fourth-order valence-electron chi connectivity index (χ4n) is 4.68. The van der Waals surface area contributed by atoms with Crippen molar-refractivity contribution in [1.29, 1.82) is 0 Å². The molecule has 0 unspecified atom stereocenters. The SMILES string of the molecule is COc1cccc(-c2cc(F)ccc2[C@H]2Cc3nc(N)nc(C)c3C(NOC[C@@H]3CCCCO3)=N2)n1. The van der Waals surface area contributed by atoms with E-state index in [0.717, 1.165) is 42.7 Å². The zero-order chi connectivity index (χ0) is 25.1. The van der Waals surface area contributed by atoms with E-state index in [-0.39, 0.29) is 23.9 Å². The third kappa shape index (κ3) is 5.14. The van der Waals surface area contributed by atoms with Crippen LogP contribution < -0.4 is 16.0 Å². The summed E-state index contributed by atoms with van der Waals surface area (Å²) in [5.74, 6) is 0.771. The van der Waals surface area contributed by atoms with Gasteiger partial charge in [0.15, 0.2) is 5.84 Å². The minimum Gasteiger partial charge on any atom is -0.481 e. The highest BCUT2D eigenvalue weighted by Crippen LogP contribution is 2.36. The van der Waals surface area contributed by atoms with Crippen LogP contribution in [0.2, 0.25) is 0 Å². The van der Waals surface area contributed by atoms with Crippen LogP contribution >= 0.6 is 0 Å². The number of nitrogens with one attached hydrogen (secondary N) is 1. The maximum absolute atomic E-state index is 14.4. The molecular formula is C26H29FN6O3. The standard InChI is InChI=1S/C26H29FN6O3/c1-15-24-22(32-26(28)29-15)13-21(31-25(24)33-36-14-17-6-3-4-11-35-17)18-10-9-16(27)12-19(18)20-7-5-8-23(30-20)34-2/h5,7-10,12,17,21H,3-4,6,11,13-14H2,1-2H3,(H,31,33)(H2,28,29,32)/t17-,21+/m0/s1. The molecule has 9 nitrogen and oxygen atoms in total. The van der Waals surface area contributed by atoms with Gasteiger partial charge < -0.3 is 15.2 Å². The van der Waals surface area contributed by atoms with Gasteiger partial charge in [0, 0.05) is 24.7 Å². The number of pyridine rings is 1. The van der Waals surface area contributed by atoms with E-state index >= 15 is 0 Å². The molecule has 2 aliphatic rings. The van der Waals surface area contributed by atoms with Crippen molar-refractivity contribution in [2.45, 2.75) is 44.8 Å². The Hall–Kier alpha value is -3.63. The number of nitrogens with two attached hydrogens (primary N) is 1. The Bertz CT molecular complexity index is 1280. The second-order valence-electron chi connectivity index (χ2n) is 8.88. The van der Waals surface area contributed by atoms with Crippen molar-refractivity contribution in [2.75, 3.05) is 26.1 Å². The highest BCUT2D eigenvalue weighted by atomic mass is 19.1. The van der Waals surface area contributed by atoms with Gasteiger partial charge in [0.25, 0.3) is 0 Å². The van der Waals surface area contributed by atoms with E-state index in [1.807, 2.05) is 19.1 Å².